The highest BCUT2D eigenvalue weighted by molar-refractivity contribution is 4.94. The fourth-order valence-electron chi connectivity index (χ4n) is 2.50. The molecule has 0 atom stereocenters. The van der Waals surface area contributed by atoms with Gasteiger partial charge in [-0.1, -0.05) is 0 Å². The first kappa shape index (κ1) is 13.5. The van der Waals surface area contributed by atoms with E-state index in [1.807, 2.05) is 13.8 Å². The zero-order valence-electron chi connectivity index (χ0n) is 12.6. The Bertz CT molecular complexity index is 303. The van der Waals surface area contributed by atoms with E-state index in [0.29, 0.717) is 24.4 Å². The van der Waals surface area contributed by atoms with Crippen molar-refractivity contribution in [1.82, 2.24) is 0 Å². The molecular formula is C16H26O4. The lowest BCUT2D eigenvalue weighted by Crippen LogP contribution is -2.58. The summed E-state index contributed by atoms with van der Waals surface area (Å²) < 4.78 is 25.0. The zero-order chi connectivity index (χ0) is 13.8. The number of hydrogen-bond donors (Lipinski definition) is 0. The van der Waals surface area contributed by atoms with E-state index in [2.05, 4.69) is 0 Å². The van der Waals surface area contributed by atoms with Gasteiger partial charge in [0.15, 0.2) is 0 Å². The molecule has 114 valence electrons. The van der Waals surface area contributed by atoms with Crippen molar-refractivity contribution in [3.8, 4) is 0 Å². The van der Waals surface area contributed by atoms with Gasteiger partial charge in [-0.15, -0.1) is 0 Å². The van der Waals surface area contributed by atoms with Crippen LogP contribution in [0.15, 0.2) is 0 Å². The largest absolute Gasteiger partial charge is 0.342 e. The molecule has 0 aromatic rings. The quantitative estimate of drug-likeness (QED) is 0.609. The Kier molecular flexibility index (Phi) is 3.15. The molecule has 0 unspecified atom stereocenters. The maximum absolute atomic E-state index is 6.25. The van der Waals surface area contributed by atoms with Crippen LogP contribution in [-0.2, 0) is 18.9 Å². The number of rotatable bonds is 9. The average molecular weight is 282 g/mol. The van der Waals surface area contributed by atoms with E-state index in [1.165, 1.54) is 0 Å². The van der Waals surface area contributed by atoms with Crippen molar-refractivity contribution in [3.05, 3.63) is 0 Å². The van der Waals surface area contributed by atoms with Gasteiger partial charge in [0.1, 0.15) is 0 Å². The van der Waals surface area contributed by atoms with Crippen LogP contribution in [0.4, 0.5) is 0 Å². The molecule has 4 aliphatic carbocycles. The van der Waals surface area contributed by atoms with Crippen LogP contribution >= 0.6 is 0 Å². The van der Waals surface area contributed by atoms with Crippen LogP contribution in [0, 0.1) is 0 Å². The van der Waals surface area contributed by atoms with Gasteiger partial charge in [0.2, 0.25) is 11.6 Å². The maximum atomic E-state index is 6.25. The molecule has 4 rings (SSSR count). The summed E-state index contributed by atoms with van der Waals surface area (Å²) in [7, 11) is 0. The van der Waals surface area contributed by atoms with Gasteiger partial charge in [0.05, 0.1) is 24.4 Å². The van der Waals surface area contributed by atoms with Crippen LogP contribution < -0.4 is 0 Å². The summed E-state index contributed by atoms with van der Waals surface area (Å²) in [5, 5.41) is 0. The molecular weight excluding hydrogens is 256 g/mol. The average Bonchev–Trinajstić information content (AvgIpc) is 3.15. The van der Waals surface area contributed by atoms with Crippen molar-refractivity contribution in [2.45, 2.75) is 101 Å². The Labute approximate surface area is 121 Å². The summed E-state index contributed by atoms with van der Waals surface area (Å²) in [6.07, 6.45) is 10.3. The molecule has 0 aliphatic heterocycles. The fourth-order valence-corrected chi connectivity index (χ4v) is 2.50. The predicted octanol–water partition coefficient (Wildman–Crippen LogP) is 3.13. The molecule has 0 heterocycles. The Balaban J connectivity index is 1.53. The number of ether oxygens (including phenoxy) is 4. The van der Waals surface area contributed by atoms with Crippen LogP contribution in [0.5, 0.6) is 0 Å². The van der Waals surface area contributed by atoms with Gasteiger partial charge in [-0.2, -0.15) is 0 Å². The van der Waals surface area contributed by atoms with E-state index >= 15 is 0 Å². The Morgan fingerprint density at radius 3 is 0.850 bits per heavy atom. The summed E-state index contributed by atoms with van der Waals surface area (Å²) in [6.45, 7) is 4.04. The van der Waals surface area contributed by atoms with Gasteiger partial charge in [-0.3, -0.25) is 0 Å². The van der Waals surface area contributed by atoms with E-state index in [0.717, 1.165) is 51.4 Å². The molecule has 0 amide bonds. The van der Waals surface area contributed by atoms with Crippen molar-refractivity contribution in [2.24, 2.45) is 0 Å². The minimum Gasteiger partial charge on any atom is -0.342 e. The van der Waals surface area contributed by atoms with Gasteiger partial charge >= 0.3 is 0 Å². The van der Waals surface area contributed by atoms with Crippen molar-refractivity contribution in [1.29, 1.82) is 0 Å². The summed E-state index contributed by atoms with van der Waals surface area (Å²) in [5.41, 5.74) is 0. The summed E-state index contributed by atoms with van der Waals surface area (Å²) in [6, 6.07) is 0. The third-order valence-electron chi connectivity index (χ3n) is 4.49. The second-order valence-corrected chi connectivity index (χ2v) is 7.16. The van der Waals surface area contributed by atoms with Crippen LogP contribution in [0.25, 0.3) is 0 Å². The second-order valence-electron chi connectivity index (χ2n) is 7.16. The molecule has 4 saturated carbocycles. The molecule has 0 radical (unpaired) electrons. The van der Waals surface area contributed by atoms with Crippen molar-refractivity contribution >= 4 is 0 Å². The SMILES string of the molecule is CC(OC1CC1)(OC1CC1)C(C)(OC1CC1)OC1CC1. The molecule has 4 nitrogen and oxygen atoms in total. The molecule has 20 heavy (non-hydrogen) atoms. The standard InChI is InChI=1S/C16H26O4/c1-15(17-11-3-4-11,18-12-5-6-12)16(2,19-13-7-8-13)20-14-9-10-14/h11-14H,3-10H2,1-2H3. The first-order chi connectivity index (χ1) is 9.56. The highest BCUT2D eigenvalue weighted by atomic mass is 16.8. The summed E-state index contributed by atoms with van der Waals surface area (Å²) >= 11 is 0. The molecule has 0 aromatic carbocycles. The van der Waals surface area contributed by atoms with Crippen molar-refractivity contribution in [3.63, 3.8) is 0 Å². The van der Waals surface area contributed by atoms with Gasteiger partial charge in [0, 0.05) is 0 Å². The smallest absolute Gasteiger partial charge is 0.221 e. The summed E-state index contributed by atoms with van der Waals surface area (Å²) in [5.74, 6) is -1.55. The van der Waals surface area contributed by atoms with Crippen LogP contribution in [0.3, 0.4) is 0 Å². The van der Waals surface area contributed by atoms with Gasteiger partial charge in [-0.05, 0) is 65.2 Å². The molecule has 4 heteroatoms. The minimum absolute atomic E-state index is 0.323. The molecule has 0 aromatic heterocycles. The lowest BCUT2D eigenvalue weighted by Gasteiger charge is -2.45. The highest BCUT2D eigenvalue weighted by Crippen LogP contribution is 2.47. The Morgan fingerprint density at radius 2 is 0.700 bits per heavy atom. The molecule has 0 N–H and O–H groups in total. The second kappa shape index (κ2) is 4.67. The Morgan fingerprint density at radius 1 is 0.500 bits per heavy atom. The van der Waals surface area contributed by atoms with E-state index in [9.17, 15) is 0 Å². The monoisotopic (exact) mass is 282 g/mol. The molecule has 0 spiro atoms. The highest BCUT2D eigenvalue weighted by Gasteiger charge is 2.57. The first-order valence-corrected chi connectivity index (χ1v) is 8.28. The normalized spacial score (nSPS) is 27.9. The minimum atomic E-state index is -0.777. The van der Waals surface area contributed by atoms with Crippen molar-refractivity contribution < 1.29 is 18.9 Å². The zero-order valence-corrected chi connectivity index (χ0v) is 12.6. The topological polar surface area (TPSA) is 36.9 Å². The molecule has 0 saturated heterocycles. The molecule has 0 bridgehead atoms. The van der Waals surface area contributed by atoms with Crippen LogP contribution in [0.1, 0.15) is 65.2 Å². The third-order valence-corrected chi connectivity index (χ3v) is 4.49. The van der Waals surface area contributed by atoms with Gasteiger partial charge in [-0.25, -0.2) is 0 Å². The predicted molar refractivity (Wildman–Crippen MR) is 73.2 cm³/mol. The van der Waals surface area contributed by atoms with E-state index in [-0.39, 0.29) is 0 Å². The van der Waals surface area contributed by atoms with E-state index in [1.54, 1.807) is 0 Å². The molecule has 4 fully saturated rings. The number of hydrogen-bond acceptors (Lipinski definition) is 4. The van der Waals surface area contributed by atoms with Crippen LogP contribution in [0.2, 0.25) is 0 Å². The fraction of sp³-hybridized carbons (Fsp3) is 1.00. The van der Waals surface area contributed by atoms with E-state index in [4.69, 9.17) is 18.9 Å². The van der Waals surface area contributed by atoms with Gasteiger partial charge in [0.25, 0.3) is 0 Å². The maximum Gasteiger partial charge on any atom is 0.221 e. The lowest BCUT2D eigenvalue weighted by atomic mass is 10.1. The first-order valence-electron chi connectivity index (χ1n) is 8.28. The van der Waals surface area contributed by atoms with E-state index < -0.39 is 11.6 Å². The van der Waals surface area contributed by atoms with Gasteiger partial charge < -0.3 is 18.9 Å². The summed E-state index contributed by atoms with van der Waals surface area (Å²) in [4.78, 5) is 0. The van der Waals surface area contributed by atoms with Crippen molar-refractivity contribution in [2.75, 3.05) is 0 Å². The third kappa shape index (κ3) is 3.03. The van der Waals surface area contributed by atoms with Crippen LogP contribution in [-0.4, -0.2) is 36.0 Å². The molecule has 4 aliphatic rings. The Hall–Kier alpha value is -0.160. The lowest BCUT2D eigenvalue weighted by molar-refractivity contribution is -0.408.